The van der Waals surface area contributed by atoms with Gasteiger partial charge >= 0.3 is 5.82 Å². The van der Waals surface area contributed by atoms with Crippen molar-refractivity contribution in [3.63, 3.8) is 0 Å². The van der Waals surface area contributed by atoms with Crippen LogP contribution < -0.4 is 0 Å². The van der Waals surface area contributed by atoms with Gasteiger partial charge in [0.05, 0.1) is 0 Å². The molecule has 0 aliphatic carbocycles. The molecule has 0 saturated carbocycles. The fraction of sp³-hybridized carbons (Fsp3) is 0. The van der Waals surface area contributed by atoms with Crippen LogP contribution in [0.1, 0.15) is 5.69 Å². The third kappa shape index (κ3) is 1.39. The van der Waals surface area contributed by atoms with Crippen molar-refractivity contribution < 1.29 is 4.92 Å². The van der Waals surface area contributed by atoms with E-state index in [0.717, 1.165) is 6.33 Å². The number of hydrogen-bond acceptors (Lipinski definition) is 4. The van der Waals surface area contributed by atoms with Crippen LogP contribution in [-0.4, -0.2) is 14.9 Å². The fourth-order valence-electron chi connectivity index (χ4n) is 0.605. The van der Waals surface area contributed by atoms with Crippen LogP contribution in [0.25, 0.3) is 0 Å². The van der Waals surface area contributed by atoms with Gasteiger partial charge in [-0.2, -0.15) is 10.2 Å². The average Bonchev–Trinajstić information content (AvgIpc) is 2.48. The lowest BCUT2D eigenvalue weighted by Gasteiger charge is -1.87. The maximum Gasteiger partial charge on any atom is 0.356 e. The molecule has 58 valence electrons. The summed E-state index contributed by atoms with van der Waals surface area (Å²) in [7, 11) is 0. The van der Waals surface area contributed by atoms with Gasteiger partial charge in [-0.3, -0.25) is 0 Å². The molecule has 0 aromatic carbocycles. The second kappa shape index (κ2) is 3.17. The topological polar surface area (TPSA) is 95.6 Å². The SMILES string of the molecule is N#CC#Cc1nc[nH]c1[N+](=O)[O-]. The van der Waals surface area contributed by atoms with Crippen LogP contribution >= 0.6 is 0 Å². The summed E-state index contributed by atoms with van der Waals surface area (Å²) in [6, 6.07) is 1.53. The predicted octanol–water partition coefficient (Wildman–Crippen LogP) is 0.193. The molecule has 0 fully saturated rings. The van der Waals surface area contributed by atoms with E-state index in [2.05, 4.69) is 15.9 Å². The van der Waals surface area contributed by atoms with Gasteiger partial charge in [0.15, 0.2) is 12.4 Å². The van der Waals surface area contributed by atoms with E-state index in [1.54, 1.807) is 0 Å². The summed E-state index contributed by atoms with van der Waals surface area (Å²) < 4.78 is 0. The number of H-pyrrole nitrogens is 1. The Morgan fingerprint density at radius 1 is 1.75 bits per heavy atom. The molecule has 6 nitrogen and oxygen atoms in total. The summed E-state index contributed by atoms with van der Waals surface area (Å²) >= 11 is 0. The summed E-state index contributed by atoms with van der Waals surface area (Å²) in [6.45, 7) is 0. The van der Waals surface area contributed by atoms with Crippen molar-refractivity contribution >= 4 is 5.82 Å². The second-order valence-corrected chi connectivity index (χ2v) is 1.72. The number of aromatic amines is 1. The van der Waals surface area contributed by atoms with Gasteiger partial charge in [-0.25, -0.2) is 4.98 Å². The van der Waals surface area contributed by atoms with E-state index in [1.807, 2.05) is 5.92 Å². The van der Waals surface area contributed by atoms with Gasteiger partial charge in [-0.15, -0.1) is 0 Å². The van der Waals surface area contributed by atoms with Gasteiger partial charge in [-0.1, -0.05) is 0 Å². The molecule has 0 atom stereocenters. The first-order valence-electron chi connectivity index (χ1n) is 2.83. The first kappa shape index (κ1) is 7.76. The Labute approximate surface area is 67.0 Å². The standard InChI is InChI=1S/C6H2N4O2/c7-3-1-2-5-6(10(11)12)9-4-8-5/h4H,(H,8,9). The molecule has 0 aliphatic heterocycles. The van der Waals surface area contributed by atoms with Gasteiger partial charge < -0.3 is 10.1 Å². The predicted molar refractivity (Wildman–Crippen MR) is 37.7 cm³/mol. The monoisotopic (exact) mass is 162 g/mol. The number of aromatic nitrogens is 2. The number of imidazole rings is 1. The van der Waals surface area contributed by atoms with E-state index < -0.39 is 4.92 Å². The summed E-state index contributed by atoms with van der Waals surface area (Å²) in [4.78, 5) is 15.4. The summed E-state index contributed by atoms with van der Waals surface area (Å²) in [5, 5.41) is 18.3. The zero-order valence-electron chi connectivity index (χ0n) is 5.74. The van der Waals surface area contributed by atoms with Crippen molar-refractivity contribution in [1.29, 1.82) is 5.26 Å². The molecule has 0 bridgehead atoms. The lowest BCUT2D eigenvalue weighted by molar-refractivity contribution is -0.389. The van der Waals surface area contributed by atoms with E-state index in [-0.39, 0.29) is 11.5 Å². The van der Waals surface area contributed by atoms with Crippen molar-refractivity contribution in [2.24, 2.45) is 0 Å². The molecule has 1 aromatic heterocycles. The van der Waals surface area contributed by atoms with Crippen molar-refractivity contribution in [1.82, 2.24) is 9.97 Å². The van der Waals surface area contributed by atoms with E-state index >= 15 is 0 Å². The Bertz CT molecular complexity index is 403. The van der Waals surface area contributed by atoms with Crippen LogP contribution in [0.2, 0.25) is 0 Å². The van der Waals surface area contributed by atoms with Gasteiger partial charge in [0.1, 0.15) is 0 Å². The molecule has 0 spiro atoms. The highest BCUT2D eigenvalue weighted by Crippen LogP contribution is 2.09. The largest absolute Gasteiger partial charge is 0.358 e. The van der Waals surface area contributed by atoms with Gasteiger partial charge in [0.2, 0.25) is 5.69 Å². The minimum absolute atomic E-state index is 0.0263. The number of hydrogen-bond donors (Lipinski definition) is 1. The maximum atomic E-state index is 10.2. The average molecular weight is 162 g/mol. The third-order valence-electron chi connectivity index (χ3n) is 1.04. The highest BCUT2D eigenvalue weighted by atomic mass is 16.6. The smallest absolute Gasteiger partial charge is 0.356 e. The van der Waals surface area contributed by atoms with E-state index in [4.69, 9.17) is 5.26 Å². The molecule has 0 radical (unpaired) electrons. The van der Waals surface area contributed by atoms with Crippen molar-refractivity contribution in [2.45, 2.75) is 0 Å². The van der Waals surface area contributed by atoms with E-state index in [1.165, 1.54) is 6.07 Å². The minimum Gasteiger partial charge on any atom is -0.358 e. The Morgan fingerprint density at radius 2 is 2.50 bits per heavy atom. The van der Waals surface area contributed by atoms with Gasteiger partial charge in [-0.05, 0) is 10.8 Å². The molecular weight excluding hydrogens is 160 g/mol. The van der Waals surface area contributed by atoms with Crippen LogP contribution in [0.15, 0.2) is 6.33 Å². The summed E-state index contributed by atoms with van der Waals surface area (Å²) in [5.74, 6) is 3.95. The Morgan fingerprint density at radius 3 is 3.08 bits per heavy atom. The summed E-state index contributed by atoms with van der Waals surface area (Å²) in [5.41, 5.74) is -0.0263. The lowest BCUT2D eigenvalue weighted by atomic mass is 10.4. The minimum atomic E-state index is -0.644. The maximum absolute atomic E-state index is 10.2. The Kier molecular flexibility index (Phi) is 2.05. The lowest BCUT2D eigenvalue weighted by Crippen LogP contribution is -1.90. The normalized spacial score (nSPS) is 7.92. The van der Waals surface area contributed by atoms with Crippen molar-refractivity contribution in [3.8, 4) is 17.9 Å². The summed E-state index contributed by atoms with van der Waals surface area (Å²) in [6.07, 6.45) is 1.15. The second-order valence-electron chi connectivity index (χ2n) is 1.72. The molecule has 0 unspecified atom stereocenters. The van der Waals surface area contributed by atoms with E-state index in [0.29, 0.717) is 0 Å². The van der Waals surface area contributed by atoms with Crippen molar-refractivity contribution in [2.75, 3.05) is 0 Å². The number of rotatable bonds is 1. The van der Waals surface area contributed by atoms with E-state index in [9.17, 15) is 10.1 Å². The number of nitriles is 1. The highest BCUT2D eigenvalue weighted by molar-refractivity contribution is 5.42. The molecule has 1 N–H and O–H groups in total. The fourth-order valence-corrected chi connectivity index (χ4v) is 0.605. The Balaban J connectivity index is 3.10. The first-order chi connectivity index (χ1) is 5.75. The zero-order chi connectivity index (χ0) is 8.97. The van der Waals surface area contributed by atoms with Crippen LogP contribution in [-0.2, 0) is 0 Å². The number of nitro groups is 1. The van der Waals surface area contributed by atoms with Crippen molar-refractivity contribution in [3.05, 3.63) is 22.1 Å². The van der Waals surface area contributed by atoms with Gasteiger partial charge in [0.25, 0.3) is 0 Å². The molecule has 1 heterocycles. The molecule has 1 rings (SSSR count). The van der Waals surface area contributed by atoms with Crippen LogP contribution in [0.3, 0.4) is 0 Å². The number of nitrogens with zero attached hydrogens (tertiary/aromatic N) is 3. The quantitative estimate of drug-likeness (QED) is 0.362. The molecule has 1 aromatic rings. The molecule has 0 amide bonds. The Hall–Kier alpha value is -2.34. The highest BCUT2D eigenvalue weighted by Gasteiger charge is 2.11. The van der Waals surface area contributed by atoms with Crippen LogP contribution in [0.4, 0.5) is 5.82 Å². The molecule has 0 aliphatic rings. The van der Waals surface area contributed by atoms with Crippen LogP contribution in [0.5, 0.6) is 0 Å². The molecule has 0 saturated heterocycles. The zero-order valence-corrected chi connectivity index (χ0v) is 5.74. The molecule has 6 heteroatoms. The number of nitrogens with one attached hydrogen (secondary N) is 1. The first-order valence-corrected chi connectivity index (χ1v) is 2.83. The third-order valence-corrected chi connectivity index (χ3v) is 1.04. The van der Waals surface area contributed by atoms with Crippen LogP contribution in [0, 0.1) is 33.3 Å². The van der Waals surface area contributed by atoms with Gasteiger partial charge in [0, 0.05) is 5.92 Å². The molecular formula is C6H2N4O2. The molecule has 12 heavy (non-hydrogen) atoms.